The van der Waals surface area contributed by atoms with Crippen LogP contribution >= 0.6 is 0 Å². The maximum Gasteiger partial charge on any atom is 0.296 e. The van der Waals surface area contributed by atoms with Crippen molar-refractivity contribution in [3.05, 3.63) is 89.3 Å². The Bertz CT molecular complexity index is 1240. The molecule has 168 valence electrons. The zero-order chi connectivity index (χ0) is 23.5. The van der Waals surface area contributed by atoms with E-state index >= 15 is 0 Å². The van der Waals surface area contributed by atoms with Gasteiger partial charge in [0.15, 0.2) is 0 Å². The van der Waals surface area contributed by atoms with E-state index < -0.39 is 23.5 Å². The van der Waals surface area contributed by atoms with E-state index in [-0.39, 0.29) is 23.4 Å². The second-order valence-corrected chi connectivity index (χ2v) is 7.41. The quantitative estimate of drug-likeness (QED) is 0.339. The van der Waals surface area contributed by atoms with E-state index in [0.717, 1.165) is 0 Å². The number of phenolic OH excluding ortho intramolecular Hbond substituents is 1. The third kappa shape index (κ3) is 4.10. The van der Waals surface area contributed by atoms with Crippen LogP contribution in [-0.4, -0.2) is 46.0 Å². The van der Waals surface area contributed by atoms with E-state index in [9.17, 15) is 19.8 Å². The number of aliphatic hydroxyl groups is 1. The van der Waals surface area contributed by atoms with Gasteiger partial charge in [-0.05, 0) is 48.0 Å². The Kier molecular flexibility index (Phi) is 5.99. The zero-order valence-corrected chi connectivity index (χ0v) is 18.1. The molecule has 1 fully saturated rings. The Morgan fingerprint density at radius 1 is 1.03 bits per heavy atom. The molecule has 8 nitrogen and oxygen atoms in total. The molecule has 33 heavy (non-hydrogen) atoms. The van der Waals surface area contributed by atoms with E-state index in [1.54, 1.807) is 48.7 Å². The van der Waals surface area contributed by atoms with Gasteiger partial charge in [0.25, 0.3) is 11.7 Å². The summed E-state index contributed by atoms with van der Waals surface area (Å²) in [4.78, 5) is 31.9. The molecule has 2 N–H and O–H groups in total. The molecule has 1 amide bonds. The van der Waals surface area contributed by atoms with Gasteiger partial charge in [0.05, 0.1) is 43.6 Å². The number of carbonyl (C=O) groups excluding carboxylic acids is 2. The Labute approximate surface area is 190 Å². The number of rotatable bonds is 6. The predicted molar refractivity (Wildman–Crippen MR) is 120 cm³/mol. The van der Waals surface area contributed by atoms with E-state index in [4.69, 9.17) is 9.47 Å². The fourth-order valence-corrected chi connectivity index (χ4v) is 3.89. The minimum atomic E-state index is -0.949. The second-order valence-electron chi connectivity index (χ2n) is 7.41. The summed E-state index contributed by atoms with van der Waals surface area (Å²) >= 11 is 0. The van der Waals surface area contributed by atoms with Crippen LogP contribution in [0.1, 0.15) is 22.9 Å². The molecule has 2 aromatic carbocycles. The van der Waals surface area contributed by atoms with Crippen molar-refractivity contribution in [1.82, 2.24) is 9.88 Å². The summed E-state index contributed by atoms with van der Waals surface area (Å²) in [5, 5.41) is 21.3. The number of hydrogen-bond acceptors (Lipinski definition) is 7. The summed E-state index contributed by atoms with van der Waals surface area (Å²) in [5.41, 5.74) is 1.13. The topological polar surface area (TPSA) is 109 Å². The van der Waals surface area contributed by atoms with Crippen molar-refractivity contribution in [1.29, 1.82) is 0 Å². The van der Waals surface area contributed by atoms with Gasteiger partial charge in [-0.3, -0.25) is 14.6 Å². The number of nitrogens with zero attached hydrogens (tertiary/aromatic N) is 2. The SMILES string of the molecule is COc1ccc(OC)c(/C(O)=C2\C(=O)C(=O)N(Cc3ccccn3)C2c2cccc(O)c2)c1. The van der Waals surface area contributed by atoms with Crippen LogP contribution in [0.5, 0.6) is 17.2 Å². The first-order valence-corrected chi connectivity index (χ1v) is 10.1. The van der Waals surface area contributed by atoms with E-state index in [1.807, 2.05) is 0 Å². The molecule has 8 heteroatoms. The molecular formula is C25H22N2O6. The number of phenols is 1. The van der Waals surface area contributed by atoms with Crippen LogP contribution in [0.3, 0.4) is 0 Å². The second kappa shape index (κ2) is 9.04. The lowest BCUT2D eigenvalue weighted by atomic mass is 9.94. The first-order chi connectivity index (χ1) is 15.9. The molecule has 4 rings (SSSR count). The third-order valence-corrected chi connectivity index (χ3v) is 5.45. The summed E-state index contributed by atoms with van der Waals surface area (Å²) < 4.78 is 10.6. The third-order valence-electron chi connectivity index (χ3n) is 5.45. The van der Waals surface area contributed by atoms with Crippen LogP contribution in [0.4, 0.5) is 0 Å². The van der Waals surface area contributed by atoms with Crippen molar-refractivity contribution in [2.24, 2.45) is 0 Å². The lowest BCUT2D eigenvalue weighted by molar-refractivity contribution is -0.140. The lowest BCUT2D eigenvalue weighted by Gasteiger charge is -2.25. The highest BCUT2D eigenvalue weighted by atomic mass is 16.5. The molecule has 0 radical (unpaired) electrons. The van der Waals surface area contributed by atoms with Crippen molar-refractivity contribution in [3.63, 3.8) is 0 Å². The van der Waals surface area contributed by atoms with Crippen molar-refractivity contribution < 1.29 is 29.3 Å². The number of likely N-dealkylation sites (tertiary alicyclic amines) is 1. The van der Waals surface area contributed by atoms with Crippen molar-refractivity contribution in [2.45, 2.75) is 12.6 Å². The smallest absolute Gasteiger partial charge is 0.296 e. The van der Waals surface area contributed by atoms with E-state index in [0.29, 0.717) is 22.8 Å². The molecular weight excluding hydrogens is 424 g/mol. The molecule has 1 unspecified atom stereocenters. The first-order valence-electron chi connectivity index (χ1n) is 10.1. The predicted octanol–water partition coefficient (Wildman–Crippen LogP) is 3.43. The highest BCUT2D eigenvalue weighted by Gasteiger charge is 2.46. The van der Waals surface area contributed by atoms with Gasteiger partial charge < -0.3 is 24.6 Å². The van der Waals surface area contributed by atoms with Crippen LogP contribution in [0, 0.1) is 0 Å². The Balaban J connectivity index is 1.92. The van der Waals surface area contributed by atoms with Crippen molar-refractivity contribution in [2.75, 3.05) is 14.2 Å². The molecule has 3 aromatic rings. The van der Waals surface area contributed by atoms with Crippen LogP contribution in [0.15, 0.2) is 72.4 Å². The average molecular weight is 446 g/mol. The molecule has 2 heterocycles. The number of Topliss-reactive ketones (excluding diaryl/α,β-unsaturated/α-hetero) is 1. The monoisotopic (exact) mass is 446 g/mol. The van der Waals surface area contributed by atoms with Crippen LogP contribution in [-0.2, 0) is 16.1 Å². The van der Waals surface area contributed by atoms with Gasteiger partial charge in [0.1, 0.15) is 23.0 Å². The minimum absolute atomic E-state index is 0.0325. The molecule has 1 aliphatic rings. The highest BCUT2D eigenvalue weighted by molar-refractivity contribution is 6.46. The number of benzene rings is 2. The van der Waals surface area contributed by atoms with E-state index in [2.05, 4.69) is 4.98 Å². The van der Waals surface area contributed by atoms with Gasteiger partial charge >= 0.3 is 0 Å². The molecule has 1 aromatic heterocycles. The molecule has 0 saturated carbocycles. The lowest BCUT2D eigenvalue weighted by Crippen LogP contribution is -2.29. The zero-order valence-electron chi connectivity index (χ0n) is 18.1. The summed E-state index contributed by atoms with van der Waals surface area (Å²) in [7, 11) is 2.91. The molecule has 0 spiro atoms. The number of pyridine rings is 1. The Morgan fingerprint density at radius 3 is 2.52 bits per heavy atom. The summed E-state index contributed by atoms with van der Waals surface area (Å²) in [6.45, 7) is 0.0394. The number of hydrogen-bond donors (Lipinski definition) is 2. The number of ketones is 1. The number of aromatic nitrogens is 1. The van der Waals surface area contributed by atoms with Gasteiger partial charge in [-0.25, -0.2) is 0 Å². The van der Waals surface area contributed by atoms with Crippen LogP contribution in [0.25, 0.3) is 5.76 Å². The fourth-order valence-electron chi connectivity index (χ4n) is 3.89. The summed E-state index contributed by atoms with van der Waals surface area (Å²) in [5.74, 6) is -1.32. The minimum Gasteiger partial charge on any atom is -0.508 e. The highest BCUT2D eigenvalue weighted by Crippen LogP contribution is 2.42. The normalized spacial score (nSPS) is 17.3. The van der Waals surface area contributed by atoms with Gasteiger partial charge in [-0.2, -0.15) is 0 Å². The maximum absolute atomic E-state index is 13.2. The van der Waals surface area contributed by atoms with Gasteiger partial charge in [0.2, 0.25) is 0 Å². The maximum atomic E-state index is 13.2. The number of methoxy groups -OCH3 is 2. The number of ether oxygens (including phenoxy) is 2. The number of aromatic hydroxyl groups is 1. The first kappa shape index (κ1) is 21.9. The van der Waals surface area contributed by atoms with E-state index in [1.165, 1.54) is 37.3 Å². The molecule has 1 atom stereocenters. The molecule has 0 aliphatic carbocycles. The van der Waals surface area contributed by atoms with Crippen molar-refractivity contribution in [3.8, 4) is 17.2 Å². The Morgan fingerprint density at radius 2 is 1.85 bits per heavy atom. The Hall–Kier alpha value is -4.33. The number of carbonyl (C=O) groups is 2. The number of amides is 1. The van der Waals surface area contributed by atoms with Crippen LogP contribution in [0.2, 0.25) is 0 Å². The number of aliphatic hydroxyl groups excluding tert-OH is 1. The molecule has 1 saturated heterocycles. The van der Waals surface area contributed by atoms with Crippen molar-refractivity contribution >= 4 is 17.4 Å². The largest absolute Gasteiger partial charge is 0.508 e. The van der Waals surface area contributed by atoms with Gasteiger partial charge in [-0.1, -0.05) is 18.2 Å². The van der Waals surface area contributed by atoms with Gasteiger partial charge in [-0.15, -0.1) is 0 Å². The standard InChI is InChI=1S/C25H22N2O6/c1-32-18-9-10-20(33-2)19(13-18)23(29)21-22(15-6-5-8-17(28)12-15)27(25(31)24(21)30)14-16-7-3-4-11-26-16/h3-13,22,28-29H,14H2,1-2H3/b23-21+. The van der Waals surface area contributed by atoms with Gasteiger partial charge in [0, 0.05) is 6.20 Å². The van der Waals surface area contributed by atoms with Crippen LogP contribution < -0.4 is 9.47 Å². The molecule has 1 aliphatic heterocycles. The summed E-state index contributed by atoms with van der Waals surface area (Å²) in [6, 6.07) is 15.3. The molecule has 0 bridgehead atoms. The average Bonchev–Trinajstić information content (AvgIpc) is 3.08. The summed E-state index contributed by atoms with van der Waals surface area (Å²) in [6.07, 6.45) is 1.59. The fraction of sp³-hybridized carbons (Fsp3) is 0.160.